The summed E-state index contributed by atoms with van der Waals surface area (Å²) in [5.41, 5.74) is 1.50. The van der Waals surface area contributed by atoms with Crippen LogP contribution in [0.4, 0.5) is 13.2 Å². The lowest BCUT2D eigenvalue weighted by Gasteiger charge is -2.16. The molecule has 2 heterocycles. The van der Waals surface area contributed by atoms with E-state index in [2.05, 4.69) is 23.8 Å². The van der Waals surface area contributed by atoms with Crippen molar-refractivity contribution in [2.75, 3.05) is 7.11 Å². The second-order valence-electron chi connectivity index (χ2n) is 7.02. The molecule has 2 aromatic heterocycles. The SMILES string of the molecule is CCC(CC)c1ccc(Cl)c2nc(Oc3c(OC)cc(C(F)(F)F)nc3C)n(C)c12. The van der Waals surface area contributed by atoms with Gasteiger partial charge in [-0.05, 0) is 37.3 Å². The van der Waals surface area contributed by atoms with Gasteiger partial charge in [-0.2, -0.15) is 18.2 Å². The molecule has 0 unspecified atom stereocenters. The number of alkyl halides is 3. The summed E-state index contributed by atoms with van der Waals surface area (Å²) in [6.07, 6.45) is -2.69. The van der Waals surface area contributed by atoms with Gasteiger partial charge in [-0.1, -0.05) is 31.5 Å². The van der Waals surface area contributed by atoms with E-state index in [1.807, 2.05) is 6.07 Å². The Bertz CT molecular complexity index is 1080. The van der Waals surface area contributed by atoms with Gasteiger partial charge in [0.05, 0.1) is 23.3 Å². The van der Waals surface area contributed by atoms with Crippen LogP contribution in [0.15, 0.2) is 18.2 Å². The highest BCUT2D eigenvalue weighted by Crippen LogP contribution is 2.41. The van der Waals surface area contributed by atoms with Gasteiger partial charge < -0.3 is 9.47 Å². The molecule has 0 aliphatic heterocycles. The molecule has 30 heavy (non-hydrogen) atoms. The fourth-order valence-electron chi connectivity index (χ4n) is 3.59. The molecule has 5 nitrogen and oxygen atoms in total. The van der Waals surface area contributed by atoms with Gasteiger partial charge in [0.1, 0.15) is 11.2 Å². The van der Waals surface area contributed by atoms with E-state index in [9.17, 15) is 13.2 Å². The molecule has 0 radical (unpaired) electrons. The second-order valence-corrected chi connectivity index (χ2v) is 7.43. The lowest BCUT2D eigenvalue weighted by molar-refractivity contribution is -0.141. The molecule has 9 heteroatoms. The lowest BCUT2D eigenvalue weighted by atomic mass is 9.93. The van der Waals surface area contributed by atoms with Crippen LogP contribution in [0, 0.1) is 6.92 Å². The quantitative estimate of drug-likeness (QED) is 0.429. The highest BCUT2D eigenvalue weighted by molar-refractivity contribution is 6.35. The third kappa shape index (κ3) is 3.93. The van der Waals surface area contributed by atoms with Gasteiger partial charge in [0.15, 0.2) is 11.5 Å². The number of benzene rings is 1. The first-order chi connectivity index (χ1) is 14.1. The third-order valence-corrected chi connectivity index (χ3v) is 5.51. The molecule has 0 bridgehead atoms. The first-order valence-electron chi connectivity index (χ1n) is 9.57. The summed E-state index contributed by atoms with van der Waals surface area (Å²) in [7, 11) is 3.06. The third-order valence-electron chi connectivity index (χ3n) is 5.20. The molecule has 3 rings (SSSR count). The monoisotopic (exact) mass is 441 g/mol. The van der Waals surface area contributed by atoms with Crippen LogP contribution < -0.4 is 9.47 Å². The van der Waals surface area contributed by atoms with Crippen molar-refractivity contribution in [3.05, 3.63) is 40.2 Å². The number of ether oxygens (including phenoxy) is 2. The number of methoxy groups -OCH3 is 1. The van der Waals surface area contributed by atoms with Gasteiger partial charge in [-0.25, -0.2) is 4.98 Å². The number of hydrogen-bond donors (Lipinski definition) is 0. The zero-order valence-corrected chi connectivity index (χ0v) is 18.1. The predicted octanol–water partition coefficient (Wildman–Crippen LogP) is 6.65. The molecule has 0 N–H and O–H groups in total. The van der Waals surface area contributed by atoms with Crippen molar-refractivity contribution in [3.8, 4) is 17.5 Å². The summed E-state index contributed by atoms with van der Waals surface area (Å²) in [4.78, 5) is 8.14. The first kappa shape index (κ1) is 22.2. The van der Waals surface area contributed by atoms with Crippen LogP contribution >= 0.6 is 11.6 Å². The van der Waals surface area contributed by atoms with Crippen LogP contribution in [0.1, 0.15) is 49.6 Å². The average Bonchev–Trinajstić information content (AvgIpc) is 3.02. The van der Waals surface area contributed by atoms with Crippen LogP contribution in [-0.2, 0) is 13.2 Å². The summed E-state index contributed by atoms with van der Waals surface area (Å²) in [5, 5.41) is 0.472. The summed E-state index contributed by atoms with van der Waals surface area (Å²) >= 11 is 6.38. The van der Waals surface area contributed by atoms with E-state index >= 15 is 0 Å². The molecule has 0 saturated heterocycles. The van der Waals surface area contributed by atoms with Crippen LogP contribution in [-0.4, -0.2) is 21.6 Å². The molecule has 0 aliphatic rings. The van der Waals surface area contributed by atoms with Gasteiger partial charge in [0, 0.05) is 13.1 Å². The molecular weight excluding hydrogens is 419 g/mol. The van der Waals surface area contributed by atoms with E-state index in [4.69, 9.17) is 21.1 Å². The number of pyridine rings is 1. The van der Waals surface area contributed by atoms with Gasteiger partial charge in [0.25, 0.3) is 0 Å². The summed E-state index contributed by atoms with van der Waals surface area (Å²) in [5.74, 6) is 0.314. The number of nitrogens with zero attached hydrogens (tertiary/aromatic N) is 3. The van der Waals surface area contributed by atoms with Crippen LogP contribution in [0.2, 0.25) is 5.02 Å². The van der Waals surface area contributed by atoms with Crippen LogP contribution in [0.5, 0.6) is 17.5 Å². The van der Waals surface area contributed by atoms with Crippen molar-refractivity contribution in [3.63, 3.8) is 0 Å². The Morgan fingerprint density at radius 2 is 1.83 bits per heavy atom. The lowest BCUT2D eigenvalue weighted by Crippen LogP contribution is -2.10. The molecule has 0 amide bonds. The van der Waals surface area contributed by atoms with E-state index < -0.39 is 11.9 Å². The molecular formula is C21H23ClF3N3O2. The van der Waals surface area contributed by atoms with E-state index in [1.165, 1.54) is 14.0 Å². The number of aryl methyl sites for hydroxylation is 2. The molecule has 0 spiro atoms. The van der Waals surface area contributed by atoms with E-state index in [0.717, 1.165) is 30.0 Å². The van der Waals surface area contributed by atoms with Crippen molar-refractivity contribution in [2.45, 2.75) is 45.7 Å². The topological polar surface area (TPSA) is 49.2 Å². The van der Waals surface area contributed by atoms with Crippen molar-refractivity contribution in [2.24, 2.45) is 7.05 Å². The molecule has 0 saturated carbocycles. The molecule has 162 valence electrons. The van der Waals surface area contributed by atoms with Gasteiger partial charge in [-0.15, -0.1) is 0 Å². The number of halogens is 4. The largest absolute Gasteiger partial charge is 0.493 e. The zero-order valence-electron chi connectivity index (χ0n) is 17.4. The number of aromatic nitrogens is 3. The molecule has 3 aromatic rings. The Morgan fingerprint density at radius 3 is 2.40 bits per heavy atom. The molecule has 0 fully saturated rings. The van der Waals surface area contributed by atoms with Gasteiger partial charge >= 0.3 is 12.2 Å². The van der Waals surface area contributed by atoms with E-state index in [0.29, 0.717) is 16.5 Å². The summed E-state index contributed by atoms with van der Waals surface area (Å²) in [6.45, 7) is 5.66. The van der Waals surface area contributed by atoms with E-state index in [-0.39, 0.29) is 23.2 Å². The molecule has 0 aliphatic carbocycles. The maximum Gasteiger partial charge on any atom is 0.433 e. The maximum atomic E-state index is 13.1. The average molecular weight is 442 g/mol. The number of rotatable bonds is 6. The Kier molecular flexibility index (Phi) is 6.17. The predicted molar refractivity (Wildman–Crippen MR) is 110 cm³/mol. The minimum Gasteiger partial charge on any atom is -0.493 e. The Labute approximate surface area is 177 Å². The van der Waals surface area contributed by atoms with Crippen LogP contribution in [0.25, 0.3) is 11.0 Å². The molecule has 1 aromatic carbocycles. The van der Waals surface area contributed by atoms with Gasteiger partial charge in [0.2, 0.25) is 0 Å². The number of hydrogen-bond acceptors (Lipinski definition) is 4. The minimum atomic E-state index is -4.59. The number of fused-ring (bicyclic) bond motifs is 1. The minimum absolute atomic E-state index is 0.0417. The summed E-state index contributed by atoms with van der Waals surface area (Å²) < 4.78 is 52.1. The fraction of sp³-hybridized carbons (Fsp3) is 0.429. The van der Waals surface area contributed by atoms with Crippen molar-refractivity contribution in [1.82, 2.24) is 14.5 Å². The highest BCUT2D eigenvalue weighted by atomic mass is 35.5. The Balaban J connectivity index is 2.15. The fourth-order valence-corrected chi connectivity index (χ4v) is 3.78. The first-order valence-corrected chi connectivity index (χ1v) is 9.95. The zero-order chi connectivity index (χ0) is 22.2. The van der Waals surface area contributed by atoms with Crippen molar-refractivity contribution < 1.29 is 22.6 Å². The van der Waals surface area contributed by atoms with E-state index in [1.54, 1.807) is 17.7 Å². The van der Waals surface area contributed by atoms with Crippen molar-refractivity contribution in [1.29, 1.82) is 0 Å². The smallest absolute Gasteiger partial charge is 0.433 e. The highest BCUT2D eigenvalue weighted by Gasteiger charge is 2.34. The maximum absolute atomic E-state index is 13.1. The Hall–Kier alpha value is -2.48. The number of imidazole rings is 1. The normalized spacial score (nSPS) is 12.1. The standard InChI is InChI=1S/C21H23ClF3N3O2/c1-6-12(7-2)13-8-9-14(22)17-18(13)28(4)20(27-17)30-19-11(3)26-16(21(23,24)25)10-15(19)29-5/h8-10,12H,6-7H2,1-5H3. The molecule has 0 atom stereocenters. The van der Waals surface area contributed by atoms with Crippen LogP contribution in [0.3, 0.4) is 0 Å². The second kappa shape index (κ2) is 8.34. The van der Waals surface area contributed by atoms with Gasteiger partial charge in [-0.3, -0.25) is 4.57 Å². The Morgan fingerprint density at radius 1 is 1.17 bits per heavy atom. The summed E-state index contributed by atoms with van der Waals surface area (Å²) in [6, 6.07) is 4.79. The van der Waals surface area contributed by atoms with Crippen molar-refractivity contribution >= 4 is 22.6 Å².